The third-order valence-corrected chi connectivity index (χ3v) is 3.45. The number of rotatable bonds is 4. The Morgan fingerprint density at radius 2 is 1.00 bits per heavy atom. The summed E-state index contributed by atoms with van der Waals surface area (Å²) in [5.74, 6) is -2.25. The van der Waals surface area contributed by atoms with Crippen molar-refractivity contribution >= 4 is 11.9 Å². The Balaban J connectivity index is 0.000000181. The molecule has 3 rings (SSSR count). The summed E-state index contributed by atoms with van der Waals surface area (Å²) < 4.78 is 0. The quantitative estimate of drug-likeness (QED) is 0.743. The molecule has 0 amide bonds. The average molecular weight is 334 g/mol. The van der Waals surface area contributed by atoms with Crippen molar-refractivity contribution in [3.8, 4) is 0 Å². The minimum Gasteiger partial charge on any atom is -0.478 e. The topological polar surface area (TPSA) is 74.6 Å². The van der Waals surface area contributed by atoms with E-state index in [9.17, 15) is 9.59 Å². The van der Waals surface area contributed by atoms with Crippen LogP contribution in [0.2, 0.25) is 0 Å². The van der Waals surface area contributed by atoms with Crippen molar-refractivity contribution in [2.75, 3.05) is 0 Å². The molecule has 0 saturated carbocycles. The van der Waals surface area contributed by atoms with Crippen LogP contribution >= 0.6 is 0 Å². The van der Waals surface area contributed by atoms with E-state index < -0.39 is 11.9 Å². The molecule has 0 bridgehead atoms. The normalized spacial score (nSPS) is 9.60. The standard InChI is InChI=1S/C13H12.C8H6O4/c1-3-7-12(8-4-1)11-13-9-5-2-6-10-13;9-7(10)5-2-1-3-6(4-5)8(11)12/h1-10H,11H2;1-4H,(H,9,10)(H,11,12). The maximum atomic E-state index is 10.4. The van der Waals surface area contributed by atoms with Gasteiger partial charge >= 0.3 is 11.9 Å². The molecule has 3 aromatic carbocycles. The van der Waals surface area contributed by atoms with Gasteiger partial charge < -0.3 is 10.2 Å². The highest BCUT2D eigenvalue weighted by Gasteiger charge is 2.06. The van der Waals surface area contributed by atoms with E-state index in [-0.39, 0.29) is 11.1 Å². The van der Waals surface area contributed by atoms with Crippen LogP contribution in [0.15, 0.2) is 84.9 Å². The molecule has 4 heteroatoms. The van der Waals surface area contributed by atoms with Crippen molar-refractivity contribution in [2.24, 2.45) is 0 Å². The molecule has 126 valence electrons. The van der Waals surface area contributed by atoms with Crippen LogP contribution < -0.4 is 0 Å². The lowest BCUT2D eigenvalue weighted by Gasteiger charge is -2.00. The molecule has 0 aromatic heterocycles. The monoisotopic (exact) mass is 334 g/mol. The van der Waals surface area contributed by atoms with Crippen LogP contribution in [0.25, 0.3) is 0 Å². The van der Waals surface area contributed by atoms with Crippen molar-refractivity contribution in [2.45, 2.75) is 6.42 Å². The second kappa shape index (κ2) is 9.03. The van der Waals surface area contributed by atoms with E-state index in [1.807, 2.05) is 0 Å². The van der Waals surface area contributed by atoms with Crippen LogP contribution in [0.4, 0.5) is 0 Å². The Labute approximate surface area is 146 Å². The highest BCUT2D eigenvalue weighted by molar-refractivity contribution is 5.93. The average Bonchev–Trinajstić information content (AvgIpc) is 2.64. The van der Waals surface area contributed by atoms with Crippen molar-refractivity contribution in [3.63, 3.8) is 0 Å². The van der Waals surface area contributed by atoms with Crippen molar-refractivity contribution in [1.29, 1.82) is 0 Å². The second-order valence-corrected chi connectivity index (χ2v) is 5.34. The number of aromatic carboxylic acids is 2. The van der Waals surface area contributed by atoms with Gasteiger partial charge in [-0.15, -0.1) is 0 Å². The lowest BCUT2D eigenvalue weighted by Crippen LogP contribution is -2.01. The molecule has 2 N–H and O–H groups in total. The van der Waals surface area contributed by atoms with Crippen molar-refractivity contribution in [1.82, 2.24) is 0 Å². The zero-order chi connectivity index (χ0) is 18.1. The second-order valence-electron chi connectivity index (χ2n) is 5.34. The molecule has 0 aliphatic heterocycles. The minimum atomic E-state index is -1.13. The molecule has 0 heterocycles. The molecule has 4 nitrogen and oxygen atoms in total. The molecule has 3 aromatic rings. The van der Waals surface area contributed by atoms with Gasteiger partial charge in [-0.05, 0) is 35.7 Å². The first-order valence-electron chi connectivity index (χ1n) is 7.71. The van der Waals surface area contributed by atoms with Crippen LogP contribution in [-0.4, -0.2) is 22.2 Å². The van der Waals surface area contributed by atoms with Gasteiger partial charge in [0.2, 0.25) is 0 Å². The number of carboxylic acids is 2. The summed E-state index contributed by atoms with van der Waals surface area (Å²) in [7, 11) is 0. The van der Waals surface area contributed by atoms with Gasteiger partial charge in [-0.3, -0.25) is 0 Å². The van der Waals surface area contributed by atoms with Gasteiger partial charge in [-0.2, -0.15) is 0 Å². The summed E-state index contributed by atoms with van der Waals surface area (Å²) in [6.07, 6.45) is 1.03. The van der Waals surface area contributed by atoms with Crippen LogP contribution in [-0.2, 0) is 6.42 Å². The zero-order valence-electron chi connectivity index (χ0n) is 13.5. The lowest BCUT2D eigenvalue weighted by atomic mass is 10.1. The highest BCUT2D eigenvalue weighted by atomic mass is 16.4. The molecule has 0 saturated heterocycles. The Bertz CT molecular complexity index is 760. The summed E-state index contributed by atoms with van der Waals surface area (Å²) >= 11 is 0. The maximum absolute atomic E-state index is 10.4. The number of hydrogen-bond acceptors (Lipinski definition) is 2. The summed E-state index contributed by atoms with van der Waals surface area (Å²) in [5, 5.41) is 17.0. The lowest BCUT2D eigenvalue weighted by molar-refractivity contribution is 0.0696. The molecule has 0 spiro atoms. The maximum Gasteiger partial charge on any atom is 0.335 e. The third-order valence-electron chi connectivity index (χ3n) is 3.45. The van der Waals surface area contributed by atoms with Gasteiger partial charge in [0, 0.05) is 0 Å². The zero-order valence-corrected chi connectivity index (χ0v) is 13.5. The number of carboxylic acid groups (broad SMARTS) is 2. The smallest absolute Gasteiger partial charge is 0.335 e. The molecule has 0 aliphatic rings. The Hall–Kier alpha value is -3.40. The fourth-order valence-electron chi connectivity index (χ4n) is 2.21. The van der Waals surface area contributed by atoms with Gasteiger partial charge in [-0.25, -0.2) is 9.59 Å². The minimum absolute atomic E-state index is 0.0186. The molecular formula is C21H18O4. The Kier molecular flexibility index (Phi) is 6.48. The van der Waals surface area contributed by atoms with Crippen LogP contribution in [0.3, 0.4) is 0 Å². The summed E-state index contributed by atoms with van der Waals surface area (Å²) in [6.45, 7) is 0. The van der Waals surface area contributed by atoms with E-state index in [0.717, 1.165) is 12.5 Å². The van der Waals surface area contributed by atoms with Gasteiger partial charge in [0.1, 0.15) is 0 Å². The first-order valence-corrected chi connectivity index (χ1v) is 7.71. The van der Waals surface area contributed by atoms with Crippen LogP contribution in [0.1, 0.15) is 31.8 Å². The molecule has 0 fully saturated rings. The van der Waals surface area contributed by atoms with Gasteiger partial charge in [0.15, 0.2) is 0 Å². The molecule has 0 atom stereocenters. The summed E-state index contributed by atoms with van der Waals surface area (Å²) in [6, 6.07) is 26.3. The van der Waals surface area contributed by atoms with Crippen molar-refractivity contribution in [3.05, 3.63) is 107 Å². The van der Waals surface area contributed by atoms with E-state index in [0.29, 0.717) is 0 Å². The number of benzene rings is 3. The third kappa shape index (κ3) is 5.95. The SMILES string of the molecule is O=C(O)c1cccc(C(=O)O)c1.c1ccc(Cc2ccccc2)cc1. The number of hydrogen-bond donors (Lipinski definition) is 2. The summed E-state index contributed by atoms with van der Waals surface area (Å²) in [4.78, 5) is 20.8. The van der Waals surface area contributed by atoms with Gasteiger partial charge in [-0.1, -0.05) is 66.7 Å². The highest BCUT2D eigenvalue weighted by Crippen LogP contribution is 2.08. The van der Waals surface area contributed by atoms with E-state index in [2.05, 4.69) is 60.7 Å². The molecule has 0 unspecified atom stereocenters. The van der Waals surface area contributed by atoms with Gasteiger partial charge in [0.05, 0.1) is 11.1 Å². The first-order chi connectivity index (χ1) is 12.1. The fourth-order valence-corrected chi connectivity index (χ4v) is 2.21. The first kappa shape index (κ1) is 17.9. The van der Waals surface area contributed by atoms with Crippen molar-refractivity contribution < 1.29 is 19.8 Å². The molecule has 0 radical (unpaired) electrons. The predicted octanol–water partition coefficient (Wildman–Crippen LogP) is 4.36. The van der Waals surface area contributed by atoms with Crippen LogP contribution in [0.5, 0.6) is 0 Å². The molecular weight excluding hydrogens is 316 g/mol. The van der Waals surface area contributed by atoms with E-state index in [1.54, 1.807) is 0 Å². The van der Waals surface area contributed by atoms with Crippen LogP contribution in [0, 0.1) is 0 Å². The fraction of sp³-hybridized carbons (Fsp3) is 0.0476. The Morgan fingerprint density at radius 3 is 1.36 bits per heavy atom. The summed E-state index contributed by atoms with van der Waals surface area (Å²) in [5.41, 5.74) is 2.70. The number of carbonyl (C=O) groups is 2. The molecule has 25 heavy (non-hydrogen) atoms. The largest absolute Gasteiger partial charge is 0.478 e. The predicted molar refractivity (Wildman–Crippen MR) is 96.1 cm³/mol. The van der Waals surface area contributed by atoms with E-state index >= 15 is 0 Å². The van der Waals surface area contributed by atoms with Gasteiger partial charge in [0.25, 0.3) is 0 Å². The molecule has 0 aliphatic carbocycles. The van der Waals surface area contributed by atoms with E-state index in [1.165, 1.54) is 29.3 Å². The Morgan fingerprint density at radius 1 is 0.600 bits per heavy atom. The van der Waals surface area contributed by atoms with E-state index in [4.69, 9.17) is 10.2 Å².